The third-order valence-corrected chi connectivity index (χ3v) is 6.39. The highest BCUT2D eigenvalue weighted by molar-refractivity contribution is 7.89. The molecule has 6 nitrogen and oxygen atoms in total. The lowest BCUT2D eigenvalue weighted by molar-refractivity contribution is 0.102. The Kier molecular flexibility index (Phi) is 5.76. The molecule has 1 N–H and O–H groups in total. The minimum Gasteiger partial charge on any atom is -0.496 e. The second kappa shape index (κ2) is 8.06. The van der Waals surface area contributed by atoms with E-state index in [4.69, 9.17) is 4.74 Å². The van der Waals surface area contributed by atoms with E-state index >= 15 is 0 Å². The predicted octanol–water partition coefficient (Wildman–Crippen LogP) is 3.26. The Labute approximate surface area is 158 Å². The van der Waals surface area contributed by atoms with Gasteiger partial charge in [-0.15, -0.1) is 0 Å². The largest absolute Gasteiger partial charge is 0.496 e. The van der Waals surface area contributed by atoms with Crippen LogP contribution in [0.15, 0.2) is 47.4 Å². The van der Waals surface area contributed by atoms with E-state index in [1.165, 1.54) is 47.8 Å². The van der Waals surface area contributed by atoms with Crippen molar-refractivity contribution in [3.05, 3.63) is 53.8 Å². The number of sulfonamides is 1. The number of para-hydroxylation sites is 1. The van der Waals surface area contributed by atoms with Gasteiger partial charge in [-0.25, -0.2) is 12.8 Å². The minimum absolute atomic E-state index is 0.00819. The summed E-state index contributed by atoms with van der Waals surface area (Å²) in [5.41, 5.74) is 0.0349. The Morgan fingerprint density at radius 2 is 1.81 bits per heavy atom. The van der Waals surface area contributed by atoms with Crippen LogP contribution in [0.2, 0.25) is 0 Å². The molecule has 1 fully saturated rings. The molecular weight excluding hydrogens is 371 g/mol. The van der Waals surface area contributed by atoms with Gasteiger partial charge >= 0.3 is 0 Å². The minimum atomic E-state index is -3.70. The summed E-state index contributed by atoms with van der Waals surface area (Å²) >= 11 is 0. The Morgan fingerprint density at radius 3 is 2.48 bits per heavy atom. The quantitative estimate of drug-likeness (QED) is 0.847. The molecule has 8 heteroatoms. The molecule has 1 amide bonds. The van der Waals surface area contributed by atoms with Crippen molar-refractivity contribution in [1.29, 1.82) is 0 Å². The summed E-state index contributed by atoms with van der Waals surface area (Å²) in [6.07, 6.45) is 2.64. The zero-order valence-electron chi connectivity index (χ0n) is 14.9. The zero-order chi connectivity index (χ0) is 19.4. The number of benzene rings is 2. The maximum Gasteiger partial charge on any atom is 0.259 e. The Bertz CT molecular complexity index is 940. The molecule has 0 aromatic heterocycles. The molecule has 1 aliphatic rings. The number of nitrogens with zero attached hydrogens (tertiary/aromatic N) is 1. The van der Waals surface area contributed by atoms with Gasteiger partial charge < -0.3 is 10.1 Å². The number of hydrogen-bond acceptors (Lipinski definition) is 4. The number of halogens is 1. The highest BCUT2D eigenvalue weighted by Gasteiger charge is 2.27. The fourth-order valence-corrected chi connectivity index (χ4v) is 4.58. The van der Waals surface area contributed by atoms with Gasteiger partial charge in [-0.1, -0.05) is 18.6 Å². The van der Waals surface area contributed by atoms with Crippen molar-refractivity contribution >= 4 is 21.6 Å². The van der Waals surface area contributed by atoms with Crippen molar-refractivity contribution < 1.29 is 22.3 Å². The van der Waals surface area contributed by atoms with Crippen molar-refractivity contribution in [3.63, 3.8) is 0 Å². The first kappa shape index (κ1) is 19.3. The second-order valence-electron chi connectivity index (χ2n) is 6.26. The first-order chi connectivity index (χ1) is 12.9. The number of carbonyl (C=O) groups is 1. The first-order valence-corrected chi connectivity index (χ1v) is 10.1. The smallest absolute Gasteiger partial charge is 0.259 e. The summed E-state index contributed by atoms with van der Waals surface area (Å²) in [5.74, 6) is -1.02. The van der Waals surface area contributed by atoms with E-state index in [0.717, 1.165) is 19.3 Å². The van der Waals surface area contributed by atoms with Crippen LogP contribution in [0.1, 0.15) is 29.6 Å². The lowest BCUT2D eigenvalue weighted by Crippen LogP contribution is -2.35. The van der Waals surface area contributed by atoms with E-state index in [-0.39, 0.29) is 21.9 Å². The van der Waals surface area contributed by atoms with Gasteiger partial charge in [-0.3, -0.25) is 4.79 Å². The predicted molar refractivity (Wildman–Crippen MR) is 100.0 cm³/mol. The molecule has 0 aliphatic carbocycles. The average Bonchev–Trinajstić information content (AvgIpc) is 2.69. The summed E-state index contributed by atoms with van der Waals surface area (Å²) in [4.78, 5) is 12.7. The van der Waals surface area contributed by atoms with Crippen LogP contribution in [-0.4, -0.2) is 38.8 Å². The molecule has 3 rings (SSSR count). The second-order valence-corrected chi connectivity index (χ2v) is 8.20. The number of carbonyl (C=O) groups excluding carboxylic acids is 1. The first-order valence-electron chi connectivity index (χ1n) is 8.67. The summed E-state index contributed by atoms with van der Waals surface area (Å²) in [6, 6.07) is 9.89. The number of methoxy groups -OCH3 is 1. The SMILES string of the molecule is COc1ccc(S(=O)(=O)N2CCCCC2)cc1C(=O)Nc1ccccc1F. The van der Waals surface area contributed by atoms with Crippen LogP contribution in [0.5, 0.6) is 5.75 Å². The molecule has 2 aromatic carbocycles. The van der Waals surface area contributed by atoms with Crippen LogP contribution in [-0.2, 0) is 10.0 Å². The molecule has 1 saturated heterocycles. The summed E-state index contributed by atoms with van der Waals surface area (Å²) in [7, 11) is -2.32. The van der Waals surface area contributed by atoms with Gasteiger partial charge in [-0.2, -0.15) is 4.31 Å². The van der Waals surface area contributed by atoms with Crippen LogP contribution < -0.4 is 10.1 Å². The molecule has 27 heavy (non-hydrogen) atoms. The van der Waals surface area contributed by atoms with Gasteiger partial charge in [-0.05, 0) is 43.2 Å². The zero-order valence-corrected chi connectivity index (χ0v) is 15.8. The van der Waals surface area contributed by atoms with Gasteiger partial charge in [0.15, 0.2) is 0 Å². The number of amides is 1. The Morgan fingerprint density at radius 1 is 1.11 bits per heavy atom. The van der Waals surface area contributed by atoms with Crippen molar-refractivity contribution in [1.82, 2.24) is 4.31 Å². The van der Waals surface area contributed by atoms with E-state index in [9.17, 15) is 17.6 Å². The molecule has 0 unspecified atom stereocenters. The van der Waals surface area contributed by atoms with Gasteiger partial charge in [0.2, 0.25) is 10.0 Å². The van der Waals surface area contributed by atoms with Gasteiger partial charge in [0.05, 0.1) is 23.3 Å². The third-order valence-electron chi connectivity index (χ3n) is 4.49. The third kappa shape index (κ3) is 4.12. The van der Waals surface area contributed by atoms with Crippen LogP contribution in [0.25, 0.3) is 0 Å². The Hall–Kier alpha value is -2.45. The highest BCUT2D eigenvalue weighted by Crippen LogP contribution is 2.27. The fourth-order valence-electron chi connectivity index (χ4n) is 3.03. The summed E-state index contributed by atoms with van der Waals surface area (Å²) in [5, 5.41) is 2.46. The van der Waals surface area contributed by atoms with Crippen molar-refractivity contribution in [2.24, 2.45) is 0 Å². The maximum absolute atomic E-state index is 13.8. The standard InChI is InChI=1S/C19H21FN2O4S/c1-26-18-10-9-14(27(24,25)22-11-5-2-6-12-22)13-15(18)19(23)21-17-8-4-3-7-16(17)20/h3-4,7-10,13H,2,5-6,11-12H2,1H3,(H,21,23). The number of rotatable bonds is 5. The van der Waals surface area contributed by atoms with Crippen LogP contribution in [0.4, 0.5) is 10.1 Å². The molecule has 0 atom stereocenters. The van der Waals surface area contributed by atoms with E-state index in [0.29, 0.717) is 13.1 Å². The monoisotopic (exact) mass is 392 g/mol. The van der Waals surface area contributed by atoms with Crippen LogP contribution in [0.3, 0.4) is 0 Å². The number of anilines is 1. The summed E-state index contributed by atoms with van der Waals surface area (Å²) < 4.78 is 46.2. The number of ether oxygens (including phenoxy) is 1. The van der Waals surface area contributed by atoms with E-state index < -0.39 is 21.7 Å². The highest BCUT2D eigenvalue weighted by atomic mass is 32.2. The van der Waals surface area contributed by atoms with E-state index in [2.05, 4.69) is 5.32 Å². The van der Waals surface area contributed by atoms with E-state index in [1.54, 1.807) is 6.07 Å². The molecule has 2 aromatic rings. The maximum atomic E-state index is 13.8. The molecular formula is C19H21FN2O4S. The topological polar surface area (TPSA) is 75.7 Å². The van der Waals surface area contributed by atoms with Gasteiger partial charge in [0, 0.05) is 13.1 Å². The Balaban J connectivity index is 1.94. The van der Waals surface area contributed by atoms with Crippen molar-refractivity contribution in [2.45, 2.75) is 24.2 Å². The normalized spacial score (nSPS) is 15.3. The molecule has 0 spiro atoms. The van der Waals surface area contributed by atoms with Crippen molar-refractivity contribution in [3.8, 4) is 5.75 Å². The summed E-state index contributed by atoms with van der Waals surface area (Å²) in [6.45, 7) is 0.927. The molecule has 1 heterocycles. The molecule has 0 saturated carbocycles. The fraction of sp³-hybridized carbons (Fsp3) is 0.316. The van der Waals surface area contributed by atoms with Crippen LogP contribution >= 0.6 is 0 Å². The number of hydrogen-bond donors (Lipinski definition) is 1. The molecule has 0 bridgehead atoms. The molecule has 0 radical (unpaired) electrons. The lowest BCUT2D eigenvalue weighted by Gasteiger charge is -2.26. The van der Waals surface area contributed by atoms with E-state index in [1.807, 2.05) is 0 Å². The van der Waals surface area contributed by atoms with Crippen LogP contribution in [0, 0.1) is 5.82 Å². The molecule has 1 aliphatic heterocycles. The van der Waals surface area contributed by atoms with Gasteiger partial charge in [0.25, 0.3) is 5.91 Å². The average molecular weight is 392 g/mol. The lowest BCUT2D eigenvalue weighted by atomic mass is 10.1. The van der Waals surface area contributed by atoms with Crippen molar-refractivity contribution in [2.75, 3.05) is 25.5 Å². The number of nitrogens with one attached hydrogen (secondary N) is 1. The number of piperidine rings is 1. The van der Waals surface area contributed by atoms with Gasteiger partial charge in [0.1, 0.15) is 11.6 Å². The molecule has 144 valence electrons.